The van der Waals surface area contributed by atoms with Crippen LogP contribution in [0.2, 0.25) is 0 Å². The van der Waals surface area contributed by atoms with Crippen molar-refractivity contribution in [3.8, 4) is 0 Å². The summed E-state index contributed by atoms with van der Waals surface area (Å²) >= 11 is 3.54. The zero-order valence-corrected chi connectivity index (χ0v) is 18.4. The van der Waals surface area contributed by atoms with Crippen molar-refractivity contribution in [2.45, 2.75) is 40.2 Å². The molecule has 1 aliphatic heterocycles. The third kappa shape index (κ3) is 3.99. The van der Waals surface area contributed by atoms with Crippen LogP contribution in [-0.2, 0) is 17.8 Å². The normalized spacial score (nSPS) is 17.7. The van der Waals surface area contributed by atoms with Gasteiger partial charge in [-0.15, -0.1) is 0 Å². The van der Waals surface area contributed by atoms with E-state index in [0.717, 1.165) is 27.7 Å². The number of nitrogens with zero attached hydrogens (tertiary/aromatic N) is 2. The van der Waals surface area contributed by atoms with Gasteiger partial charge in [-0.05, 0) is 35.6 Å². The molecule has 6 nitrogen and oxygen atoms in total. The van der Waals surface area contributed by atoms with Crippen LogP contribution < -0.4 is 10.9 Å². The van der Waals surface area contributed by atoms with Crippen LogP contribution in [0, 0.1) is 5.41 Å². The first kappa shape index (κ1) is 20.6. The molecule has 0 saturated carbocycles. The van der Waals surface area contributed by atoms with Crippen molar-refractivity contribution < 1.29 is 9.59 Å². The molecule has 2 amide bonds. The van der Waals surface area contributed by atoms with Gasteiger partial charge in [-0.1, -0.05) is 42.3 Å². The second-order valence-corrected chi connectivity index (χ2v) is 9.12. The van der Waals surface area contributed by atoms with Crippen molar-refractivity contribution in [3.05, 3.63) is 49.4 Å². The highest BCUT2D eigenvalue weighted by molar-refractivity contribution is 9.12. The van der Waals surface area contributed by atoms with Gasteiger partial charge in [-0.25, -0.2) is 0 Å². The van der Waals surface area contributed by atoms with E-state index in [-0.39, 0.29) is 23.4 Å². The summed E-state index contributed by atoms with van der Waals surface area (Å²) in [4.78, 5) is 39.9. The monoisotopic (exact) mass is 447 g/mol. The van der Waals surface area contributed by atoms with E-state index in [4.69, 9.17) is 0 Å². The molecule has 150 valence electrons. The van der Waals surface area contributed by atoms with Crippen molar-refractivity contribution in [2.24, 2.45) is 5.41 Å². The van der Waals surface area contributed by atoms with Gasteiger partial charge in [0.05, 0.1) is 0 Å². The number of fused-ring (bicyclic) bond motifs is 1. The molecule has 2 heterocycles. The smallest absolute Gasteiger partial charge is 0.264 e. The zero-order chi connectivity index (χ0) is 20.6. The fourth-order valence-electron chi connectivity index (χ4n) is 3.79. The third-order valence-corrected chi connectivity index (χ3v) is 5.73. The van der Waals surface area contributed by atoms with Gasteiger partial charge in [0.1, 0.15) is 12.1 Å². The van der Waals surface area contributed by atoms with Crippen LogP contribution >= 0.6 is 15.9 Å². The summed E-state index contributed by atoms with van der Waals surface area (Å²) in [6.45, 7) is 7.60. The molecule has 2 aliphatic rings. The van der Waals surface area contributed by atoms with Gasteiger partial charge >= 0.3 is 0 Å². The molecule has 28 heavy (non-hydrogen) atoms. The van der Waals surface area contributed by atoms with Gasteiger partial charge in [-0.3, -0.25) is 14.4 Å². The van der Waals surface area contributed by atoms with Crippen molar-refractivity contribution >= 4 is 33.8 Å². The number of likely N-dealkylation sites (tertiary alicyclic amines) is 1. The predicted molar refractivity (Wildman–Crippen MR) is 113 cm³/mol. The lowest BCUT2D eigenvalue weighted by atomic mass is 9.84. The second kappa shape index (κ2) is 7.70. The largest absolute Gasteiger partial charge is 0.355 e. The molecule has 1 aromatic heterocycles. The molecule has 1 N–H and O–H groups in total. The first-order valence-electron chi connectivity index (χ1n) is 9.48. The summed E-state index contributed by atoms with van der Waals surface area (Å²) in [5.74, 6) is -0.538. The number of hydrogen-bond acceptors (Lipinski definition) is 3. The molecule has 1 fully saturated rings. The molecule has 1 saturated heterocycles. The second-order valence-electron chi connectivity index (χ2n) is 8.21. The number of hydrogen-bond donors (Lipinski definition) is 1. The van der Waals surface area contributed by atoms with E-state index >= 15 is 0 Å². The number of aromatic nitrogens is 1. The zero-order valence-electron chi connectivity index (χ0n) is 16.8. The topological polar surface area (TPSA) is 71.4 Å². The minimum Gasteiger partial charge on any atom is -0.355 e. The number of allylic oxidation sites excluding steroid dienone is 3. The summed E-state index contributed by atoms with van der Waals surface area (Å²) in [7, 11) is 1.49. The Labute approximate surface area is 173 Å². The highest BCUT2D eigenvalue weighted by Gasteiger charge is 2.37. The summed E-state index contributed by atoms with van der Waals surface area (Å²) in [5, 5.41) is 2.52. The first-order valence-corrected chi connectivity index (χ1v) is 10.3. The van der Waals surface area contributed by atoms with Crippen LogP contribution in [0.25, 0.3) is 6.08 Å². The summed E-state index contributed by atoms with van der Waals surface area (Å²) in [5.41, 5.74) is 2.45. The van der Waals surface area contributed by atoms with E-state index in [2.05, 4.69) is 42.0 Å². The van der Waals surface area contributed by atoms with Crippen LogP contribution in [0.4, 0.5) is 0 Å². The van der Waals surface area contributed by atoms with Crippen LogP contribution in [0.1, 0.15) is 48.8 Å². The SMILES string of the molecule is CCC1=CC(Br)=Cc2cc(C(=O)NC)c(=O)n(CC(=O)N3CC(C)(C)C3)c2C1. The van der Waals surface area contributed by atoms with Crippen molar-refractivity contribution in [1.82, 2.24) is 14.8 Å². The summed E-state index contributed by atoms with van der Waals surface area (Å²) in [6.07, 6.45) is 5.34. The van der Waals surface area contributed by atoms with Gasteiger partial charge < -0.3 is 14.8 Å². The van der Waals surface area contributed by atoms with E-state index in [9.17, 15) is 14.4 Å². The fourth-order valence-corrected chi connectivity index (χ4v) is 4.36. The Morgan fingerprint density at radius 3 is 2.50 bits per heavy atom. The van der Waals surface area contributed by atoms with Crippen LogP contribution in [0.3, 0.4) is 0 Å². The van der Waals surface area contributed by atoms with Gasteiger partial charge in [0.25, 0.3) is 11.5 Å². The van der Waals surface area contributed by atoms with Crippen LogP contribution in [0.15, 0.2) is 27.0 Å². The molecular formula is C21H26BrN3O3. The first-order chi connectivity index (χ1) is 13.1. The van der Waals surface area contributed by atoms with Gasteiger partial charge in [-0.2, -0.15) is 0 Å². The van der Waals surface area contributed by atoms with E-state index in [0.29, 0.717) is 19.5 Å². The molecule has 1 aromatic rings. The van der Waals surface area contributed by atoms with Gasteiger partial charge in [0.15, 0.2) is 0 Å². The highest BCUT2D eigenvalue weighted by atomic mass is 79.9. The molecule has 0 atom stereocenters. The Kier molecular flexibility index (Phi) is 5.66. The lowest BCUT2D eigenvalue weighted by Gasteiger charge is -2.46. The quantitative estimate of drug-likeness (QED) is 0.770. The number of carbonyl (C=O) groups is 2. The van der Waals surface area contributed by atoms with E-state index in [1.807, 2.05) is 12.2 Å². The van der Waals surface area contributed by atoms with E-state index in [1.165, 1.54) is 11.6 Å². The Hall–Kier alpha value is -2.15. The number of rotatable bonds is 4. The molecule has 3 rings (SSSR count). The average molecular weight is 448 g/mol. The molecule has 0 bridgehead atoms. The lowest BCUT2D eigenvalue weighted by molar-refractivity contribution is -0.142. The van der Waals surface area contributed by atoms with Crippen LogP contribution in [-0.4, -0.2) is 41.4 Å². The van der Waals surface area contributed by atoms with E-state index in [1.54, 1.807) is 11.0 Å². The van der Waals surface area contributed by atoms with Crippen molar-refractivity contribution in [1.29, 1.82) is 0 Å². The summed E-state index contributed by atoms with van der Waals surface area (Å²) < 4.78 is 2.37. The molecule has 0 aromatic carbocycles. The molecule has 0 radical (unpaired) electrons. The molecule has 0 spiro atoms. The number of pyridine rings is 1. The minimum absolute atomic E-state index is 0.0505. The Bertz CT molecular complexity index is 948. The highest BCUT2D eigenvalue weighted by Crippen LogP contribution is 2.30. The average Bonchev–Trinajstić information content (AvgIpc) is 2.78. The molecule has 1 aliphatic carbocycles. The number of carbonyl (C=O) groups excluding carboxylic acids is 2. The standard InChI is InChI=1S/C21H26BrN3O3/c1-5-13-6-15(22)8-14-9-16(19(27)23-4)20(28)25(17(14)7-13)10-18(26)24-11-21(2,3)12-24/h6,8-9H,5,7,10-12H2,1-4H3,(H,23,27). The summed E-state index contributed by atoms with van der Waals surface area (Å²) in [6, 6.07) is 1.62. The molecule has 0 unspecified atom stereocenters. The van der Waals surface area contributed by atoms with Crippen molar-refractivity contribution in [3.63, 3.8) is 0 Å². The Balaban J connectivity index is 2.08. The van der Waals surface area contributed by atoms with Gasteiger partial charge in [0.2, 0.25) is 5.91 Å². The Morgan fingerprint density at radius 1 is 1.25 bits per heavy atom. The van der Waals surface area contributed by atoms with E-state index < -0.39 is 11.5 Å². The predicted octanol–water partition coefficient (Wildman–Crippen LogP) is 2.70. The number of amides is 2. The maximum atomic E-state index is 13.1. The molecule has 7 heteroatoms. The lowest BCUT2D eigenvalue weighted by Crippen LogP contribution is -2.56. The van der Waals surface area contributed by atoms with Gasteiger partial charge in [0, 0.05) is 36.7 Å². The maximum Gasteiger partial charge on any atom is 0.264 e. The molecular weight excluding hydrogens is 422 g/mol. The number of nitrogens with one attached hydrogen (secondary N) is 1. The third-order valence-electron chi connectivity index (χ3n) is 5.27. The number of halogens is 1. The Morgan fingerprint density at radius 2 is 1.93 bits per heavy atom. The maximum absolute atomic E-state index is 13.1. The van der Waals surface area contributed by atoms with Crippen LogP contribution in [0.5, 0.6) is 0 Å². The fraction of sp³-hybridized carbons (Fsp3) is 0.476. The minimum atomic E-state index is -0.448. The van der Waals surface area contributed by atoms with Crippen molar-refractivity contribution in [2.75, 3.05) is 20.1 Å².